The molecule has 0 saturated carbocycles. The minimum Gasteiger partial charge on any atom is -0.414 e. The van der Waals surface area contributed by atoms with Crippen LogP contribution in [0.25, 0.3) is 0 Å². The summed E-state index contributed by atoms with van der Waals surface area (Å²) in [6.45, 7) is 24.5. The Morgan fingerprint density at radius 1 is 0.294 bits per heavy atom. The highest BCUT2D eigenvalue weighted by molar-refractivity contribution is 6.74. The van der Waals surface area contributed by atoms with Gasteiger partial charge in [0.1, 0.15) is 0 Å². The second-order valence-electron chi connectivity index (χ2n) is 14.7. The van der Waals surface area contributed by atoms with Crippen LogP contribution in [-0.2, 0) is 47.1 Å². The molecule has 51 heavy (non-hydrogen) atoms. The second-order valence-corrected chi connectivity index (χ2v) is 19.5. The molecule has 0 bridgehead atoms. The highest BCUT2D eigenvalue weighted by Gasteiger charge is 2.36. The molecule has 0 heterocycles. The zero-order valence-electron chi connectivity index (χ0n) is 34.4. The van der Waals surface area contributed by atoms with Crippen LogP contribution < -0.4 is 0 Å². The van der Waals surface area contributed by atoms with Gasteiger partial charge in [0.2, 0.25) is 0 Å². The molecular formula is C40H84O10Si. The number of hydrogen-bond acceptors (Lipinski definition) is 10. The quantitative estimate of drug-likeness (QED) is 0.0445. The highest BCUT2D eigenvalue weighted by Crippen LogP contribution is 2.36. The Bertz CT molecular complexity index is 666. The van der Waals surface area contributed by atoms with Crippen molar-refractivity contribution >= 4 is 8.32 Å². The Morgan fingerprint density at radius 2 is 0.510 bits per heavy atom. The van der Waals surface area contributed by atoms with Crippen molar-refractivity contribution in [2.24, 2.45) is 0 Å². The molecule has 0 amide bonds. The lowest BCUT2D eigenvalue weighted by Crippen LogP contribution is -2.41. The van der Waals surface area contributed by atoms with Crippen LogP contribution in [0.15, 0.2) is 0 Å². The Kier molecular flexibility index (Phi) is 39.4. The molecule has 0 aromatic heterocycles. The lowest BCUT2D eigenvalue weighted by atomic mass is 10.0. The molecule has 0 radical (unpaired) electrons. The molecular weight excluding hydrogens is 669 g/mol. The zero-order chi connectivity index (χ0) is 37.4. The molecule has 0 rings (SSSR count). The summed E-state index contributed by atoms with van der Waals surface area (Å²) in [7, 11) is -1.69. The molecule has 0 aromatic rings. The van der Waals surface area contributed by atoms with Crippen LogP contribution in [0.1, 0.15) is 118 Å². The zero-order valence-corrected chi connectivity index (χ0v) is 35.4. The van der Waals surface area contributed by atoms with Gasteiger partial charge in [0.15, 0.2) is 8.32 Å². The van der Waals surface area contributed by atoms with Crippen molar-refractivity contribution in [1.29, 1.82) is 0 Å². The van der Waals surface area contributed by atoms with E-state index < -0.39 is 8.32 Å². The summed E-state index contributed by atoms with van der Waals surface area (Å²) in [4.78, 5) is 0. The predicted molar refractivity (Wildman–Crippen MR) is 211 cm³/mol. The van der Waals surface area contributed by atoms with Gasteiger partial charge >= 0.3 is 0 Å². The molecule has 0 N–H and O–H groups in total. The normalized spacial score (nSPS) is 12.4. The molecule has 0 aliphatic carbocycles. The first kappa shape index (κ1) is 50.8. The maximum absolute atomic E-state index is 6.09. The van der Waals surface area contributed by atoms with E-state index in [1.807, 2.05) is 0 Å². The number of ether oxygens (including phenoxy) is 9. The van der Waals surface area contributed by atoms with E-state index in [9.17, 15) is 0 Å². The van der Waals surface area contributed by atoms with Gasteiger partial charge in [-0.2, -0.15) is 0 Å². The van der Waals surface area contributed by atoms with Gasteiger partial charge in [-0.1, -0.05) is 111 Å². The molecule has 10 nitrogen and oxygen atoms in total. The largest absolute Gasteiger partial charge is 0.414 e. The van der Waals surface area contributed by atoms with Gasteiger partial charge in [-0.3, -0.25) is 0 Å². The van der Waals surface area contributed by atoms with E-state index in [2.05, 4.69) is 40.8 Å². The van der Waals surface area contributed by atoms with Gasteiger partial charge in [-0.05, 0) is 24.6 Å². The summed E-state index contributed by atoms with van der Waals surface area (Å²) in [6, 6.07) is 0. The Balaban J connectivity index is 3.11. The lowest BCUT2D eigenvalue weighted by molar-refractivity contribution is -0.0255. The minimum absolute atomic E-state index is 0.222. The number of hydrogen-bond donors (Lipinski definition) is 0. The average molecular weight is 753 g/mol. The lowest BCUT2D eigenvalue weighted by Gasteiger charge is -2.36. The third kappa shape index (κ3) is 39.3. The van der Waals surface area contributed by atoms with Gasteiger partial charge in [0, 0.05) is 6.61 Å². The van der Waals surface area contributed by atoms with Gasteiger partial charge in [-0.25, -0.2) is 0 Å². The number of rotatable bonds is 43. The van der Waals surface area contributed by atoms with Crippen molar-refractivity contribution < 1.29 is 47.1 Å². The van der Waals surface area contributed by atoms with E-state index in [-0.39, 0.29) is 5.04 Å². The van der Waals surface area contributed by atoms with Crippen molar-refractivity contribution in [3.05, 3.63) is 0 Å². The summed E-state index contributed by atoms with van der Waals surface area (Å²) in [5, 5.41) is 0.222. The molecule has 0 unspecified atom stereocenters. The van der Waals surface area contributed by atoms with E-state index in [1.165, 1.54) is 83.5 Å². The fourth-order valence-electron chi connectivity index (χ4n) is 4.83. The van der Waals surface area contributed by atoms with Gasteiger partial charge in [0.05, 0.1) is 119 Å². The van der Waals surface area contributed by atoms with Crippen molar-refractivity contribution in [3.8, 4) is 0 Å². The average Bonchev–Trinajstić information content (AvgIpc) is 3.10. The first-order valence-corrected chi connectivity index (χ1v) is 23.6. The molecule has 0 aliphatic heterocycles. The first-order chi connectivity index (χ1) is 24.8. The van der Waals surface area contributed by atoms with E-state index in [4.69, 9.17) is 47.1 Å². The van der Waals surface area contributed by atoms with Crippen LogP contribution >= 0.6 is 0 Å². The molecule has 0 saturated heterocycles. The molecule has 0 aliphatic rings. The number of unbranched alkanes of at least 4 members (excludes halogenated alkanes) is 13. The topological polar surface area (TPSA) is 92.3 Å². The standard InChI is InChI=1S/C40H84O10Si/c1-7-8-9-10-11-12-13-14-15-16-17-18-19-20-21-41-22-23-42-24-25-43-26-27-44-28-29-45-30-31-46-32-33-47-34-35-48-36-37-49-38-39-50-51(5,6)40(2,3)4/h7-39H2,1-6H3. The van der Waals surface area contributed by atoms with Crippen LogP contribution in [0.3, 0.4) is 0 Å². The smallest absolute Gasteiger partial charge is 0.192 e. The van der Waals surface area contributed by atoms with Crippen LogP contribution in [0.2, 0.25) is 18.1 Å². The third-order valence-electron chi connectivity index (χ3n) is 9.12. The van der Waals surface area contributed by atoms with Crippen LogP contribution in [0, 0.1) is 0 Å². The molecule has 0 aromatic carbocycles. The Hall–Kier alpha value is -0.183. The van der Waals surface area contributed by atoms with Gasteiger partial charge < -0.3 is 47.1 Å². The second kappa shape index (κ2) is 39.5. The molecule has 0 atom stereocenters. The van der Waals surface area contributed by atoms with Crippen LogP contribution in [-0.4, -0.2) is 134 Å². The first-order valence-electron chi connectivity index (χ1n) is 20.6. The van der Waals surface area contributed by atoms with Gasteiger partial charge in [-0.15, -0.1) is 0 Å². The Labute approximate surface area is 316 Å². The maximum atomic E-state index is 6.09. The van der Waals surface area contributed by atoms with Crippen LogP contribution in [0.5, 0.6) is 0 Å². The summed E-state index contributed by atoms with van der Waals surface area (Å²) >= 11 is 0. The Morgan fingerprint density at radius 3 is 0.765 bits per heavy atom. The summed E-state index contributed by atoms with van der Waals surface area (Å²) in [5.74, 6) is 0. The third-order valence-corrected chi connectivity index (χ3v) is 13.7. The van der Waals surface area contributed by atoms with Crippen molar-refractivity contribution in [1.82, 2.24) is 0 Å². The molecule has 11 heteroatoms. The highest BCUT2D eigenvalue weighted by atomic mass is 28.4. The van der Waals surface area contributed by atoms with E-state index in [0.29, 0.717) is 119 Å². The van der Waals surface area contributed by atoms with E-state index in [0.717, 1.165) is 13.0 Å². The summed E-state index contributed by atoms with van der Waals surface area (Å²) in [5.41, 5.74) is 0. The van der Waals surface area contributed by atoms with E-state index in [1.54, 1.807) is 0 Å². The predicted octanol–water partition coefficient (Wildman–Crippen LogP) is 8.64. The van der Waals surface area contributed by atoms with Crippen molar-refractivity contribution in [2.75, 3.05) is 126 Å². The van der Waals surface area contributed by atoms with Gasteiger partial charge in [0.25, 0.3) is 0 Å². The molecule has 0 fully saturated rings. The van der Waals surface area contributed by atoms with Crippen LogP contribution in [0.4, 0.5) is 0 Å². The molecule has 308 valence electrons. The molecule has 0 spiro atoms. The fourth-order valence-corrected chi connectivity index (χ4v) is 5.86. The van der Waals surface area contributed by atoms with Crippen molar-refractivity contribution in [2.45, 2.75) is 136 Å². The van der Waals surface area contributed by atoms with E-state index >= 15 is 0 Å². The monoisotopic (exact) mass is 753 g/mol. The maximum Gasteiger partial charge on any atom is 0.192 e. The SMILES string of the molecule is CCCCCCCCCCCCCCCCOCCOCCOCCOCCOCCOCCOCCOCCOCCO[Si](C)(C)C(C)(C)C. The minimum atomic E-state index is -1.69. The van der Waals surface area contributed by atoms with Crippen molar-refractivity contribution in [3.63, 3.8) is 0 Å². The summed E-state index contributed by atoms with van der Waals surface area (Å²) in [6.07, 6.45) is 19.3. The fraction of sp³-hybridized carbons (Fsp3) is 1.00. The summed E-state index contributed by atoms with van der Waals surface area (Å²) < 4.78 is 56.1.